The van der Waals surface area contributed by atoms with Crippen molar-refractivity contribution < 1.29 is 14.3 Å². The van der Waals surface area contributed by atoms with E-state index in [1.165, 1.54) is 7.11 Å². The lowest BCUT2D eigenvalue weighted by Crippen LogP contribution is -2.34. The number of amides is 1. The van der Waals surface area contributed by atoms with E-state index in [0.717, 1.165) is 5.56 Å². The molecule has 1 aromatic rings. The molecule has 0 heterocycles. The molecule has 6 nitrogen and oxygen atoms in total. The van der Waals surface area contributed by atoms with E-state index in [1.54, 1.807) is 6.07 Å². The minimum absolute atomic E-state index is 0.149. The smallest absolute Gasteiger partial charge is 0.305 e. The van der Waals surface area contributed by atoms with E-state index in [4.69, 9.17) is 11.5 Å². The Hall–Kier alpha value is -2.08. The van der Waals surface area contributed by atoms with Crippen molar-refractivity contribution in [2.24, 2.45) is 5.73 Å². The van der Waals surface area contributed by atoms with E-state index in [9.17, 15) is 9.59 Å². The van der Waals surface area contributed by atoms with E-state index >= 15 is 0 Å². The molecule has 4 N–H and O–H groups in total. The molecular weight excluding hydrogens is 258 g/mol. The normalized spacial score (nSPS) is 10.5. The van der Waals surface area contributed by atoms with Crippen LogP contribution in [-0.2, 0) is 20.9 Å². The van der Waals surface area contributed by atoms with Gasteiger partial charge in [-0.1, -0.05) is 12.1 Å². The summed E-state index contributed by atoms with van der Waals surface area (Å²) in [6, 6.07) is 7.46. The summed E-state index contributed by atoms with van der Waals surface area (Å²) in [6.45, 7) is 1.30. The van der Waals surface area contributed by atoms with Gasteiger partial charge >= 0.3 is 5.97 Å². The number of methoxy groups -OCH3 is 1. The zero-order chi connectivity index (χ0) is 15.0. The second-order valence-corrected chi connectivity index (χ2v) is 4.60. The SMILES string of the molecule is COC(=O)CCCN(CC(N)=O)Cc1cccc(N)c1. The summed E-state index contributed by atoms with van der Waals surface area (Å²) in [5.41, 5.74) is 12.6. The molecule has 0 aliphatic carbocycles. The number of rotatable bonds is 8. The number of anilines is 1. The Morgan fingerprint density at radius 2 is 2.10 bits per heavy atom. The minimum atomic E-state index is -0.396. The van der Waals surface area contributed by atoms with Crippen molar-refractivity contribution >= 4 is 17.6 Å². The van der Waals surface area contributed by atoms with Gasteiger partial charge in [-0.3, -0.25) is 14.5 Å². The van der Waals surface area contributed by atoms with Crippen LogP contribution in [0.4, 0.5) is 5.69 Å². The van der Waals surface area contributed by atoms with Gasteiger partial charge in [0.1, 0.15) is 0 Å². The van der Waals surface area contributed by atoms with Crippen LogP contribution in [0.3, 0.4) is 0 Å². The second kappa shape index (κ2) is 8.16. The molecule has 0 unspecified atom stereocenters. The van der Waals surface area contributed by atoms with Gasteiger partial charge in [0.15, 0.2) is 0 Å². The molecule has 0 radical (unpaired) electrons. The van der Waals surface area contributed by atoms with Crippen LogP contribution in [0.1, 0.15) is 18.4 Å². The summed E-state index contributed by atoms with van der Waals surface area (Å²) < 4.78 is 4.58. The molecule has 1 rings (SSSR count). The molecule has 0 fully saturated rings. The van der Waals surface area contributed by atoms with Gasteiger partial charge < -0.3 is 16.2 Å². The van der Waals surface area contributed by atoms with Crippen molar-refractivity contribution in [1.29, 1.82) is 0 Å². The summed E-state index contributed by atoms with van der Waals surface area (Å²) >= 11 is 0. The van der Waals surface area contributed by atoms with E-state index in [1.807, 2.05) is 23.1 Å². The van der Waals surface area contributed by atoms with Crippen LogP contribution in [-0.4, -0.2) is 37.0 Å². The number of carbonyl (C=O) groups excluding carboxylic acids is 2. The zero-order valence-corrected chi connectivity index (χ0v) is 11.7. The molecule has 1 amide bonds. The average molecular weight is 279 g/mol. The van der Waals surface area contributed by atoms with Gasteiger partial charge in [-0.15, -0.1) is 0 Å². The van der Waals surface area contributed by atoms with Gasteiger partial charge in [-0.05, 0) is 30.7 Å². The Morgan fingerprint density at radius 3 is 2.70 bits per heavy atom. The first kappa shape index (κ1) is 16.0. The molecule has 20 heavy (non-hydrogen) atoms. The predicted octanol–water partition coefficient (Wildman–Crippen LogP) is 0.509. The zero-order valence-electron chi connectivity index (χ0n) is 11.7. The molecule has 0 bridgehead atoms. The highest BCUT2D eigenvalue weighted by atomic mass is 16.5. The van der Waals surface area contributed by atoms with E-state index < -0.39 is 5.91 Å². The van der Waals surface area contributed by atoms with Crippen LogP contribution < -0.4 is 11.5 Å². The maximum Gasteiger partial charge on any atom is 0.305 e. The topological polar surface area (TPSA) is 98.6 Å². The molecule has 110 valence electrons. The lowest BCUT2D eigenvalue weighted by atomic mass is 10.2. The molecule has 0 atom stereocenters. The number of nitrogens with two attached hydrogens (primary N) is 2. The largest absolute Gasteiger partial charge is 0.469 e. The first-order valence-corrected chi connectivity index (χ1v) is 6.43. The highest BCUT2D eigenvalue weighted by molar-refractivity contribution is 5.76. The van der Waals surface area contributed by atoms with Gasteiger partial charge in [0.25, 0.3) is 0 Å². The predicted molar refractivity (Wildman–Crippen MR) is 76.6 cm³/mol. The molecule has 0 saturated carbocycles. The fourth-order valence-electron chi connectivity index (χ4n) is 1.93. The summed E-state index contributed by atoms with van der Waals surface area (Å²) in [4.78, 5) is 24.0. The van der Waals surface area contributed by atoms with Crippen LogP contribution >= 0.6 is 0 Å². The van der Waals surface area contributed by atoms with Crippen LogP contribution in [0.15, 0.2) is 24.3 Å². The van der Waals surface area contributed by atoms with Gasteiger partial charge in [0, 0.05) is 18.7 Å². The molecule has 0 aliphatic heterocycles. The maximum absolute atomic E-state index is 11.1. The maximum atomic E-state index is 11.1. The van der Waals surface area contributed by atoms with Crippen molar-refractivity contribution in [2.45, 2.75) is 19.4 Å². The standard InChI is InChI=1S/C14H21N3O3/c1-20-14(19)6-3-7-17(10-13(16)18)9-11-4-2-5-12(15)8-11/h2,4-5,8H,3,6-7,9-10,15H2,1H3,(H2,16,18). The van der Waals surface area contributed by atoms with Crippen LogP contribution in [0.2, 0.25) is 0 Å². The van der Waals surface area contributed by atoms with Gasteiger partial charge in [-0.2, -0.15) is 0 Å². The Balaban J connectivity index is 2.55. The first-order valence-electron chi connectivity index (χ1n) is 6.43. The van der Waals surface area contributed by atoms with E-state index in [2.05, 4.69) is 4.74 Å². The highest BCUT2D eigenvalue weighted by Gasteiger charge is 2.10. The Kier molecular flexibility index (Phi) is 6.52. The summed E-state index contributed by atoms with van der Waals surface area (Å²) in [5.74, 6) is -0.653. The number of hydrogen-bond acceptors (Lipinski definition) is 5. The van der Waals surface area contributed by atoms with Crippen LogP contribution in [0, 0.1) is 0 Å². The second-order valence-electron chi connectivity index (χ2n) is 4.60. The van der Waals surface area contributed by atoms with Crippen LogP contribution in [0.5, 0.6) is 0 Å². The van der Waals surface area contributed by atoms with Crippen LogP contribution in [0.25, 0.3) is 0 Å². The summed E-state index contributed by atoms with van der Waals surface area (Å²) in [5, 5.41) is 0. The number of ether oxygens (including phenoxy) is 1. The third-order valence-corrected chi connectivity index (χ3v) is 2.82. The Labute approximate surface area is 118 Å². The number of hydrogen-bond donors (Lipinski definition) is 2. The van der Waals surface area contributed by atoms with E-state index in [0.29, 0.717) is 31.6 Å². The number of nitrogen functional groups attached to an aromatic ring is 1. The van der Waals surface area contributed by atoms with Crippen molar-refractivity contribution in [3.63, 3.8) is 0 Å². The monoisotopic (exact) mass is 279 g/mol. The summed E-state index contributed by atoms with van der Waals surface area (Å²) in [7, 11) is 1.36. The van der Waals surface area contributed by atoms with Crippen molar-refractivity contribution in [1.82, 2.24) is 4.90 Å². The summed E-state index contributed by atoms with van der Waals surface area (Å²) in [6.07, 6.45) is 0.935. The molecule has 6 heteroatoms. The molecule has 0 saturated heterocycles. The number of primary amides is 1. The van der Waals surface area contributed by atoms with E-state index in [-0.39, 0.29) is 12.5 Å². The Morgan fingerprint density at radius 1 is 1.35 bits per heavy atom. The first-order chi connectivity index (χ1) is 9.51. The van der Waals surface area contributed by atoms with Gasteiger partial charge in [-0.25, -0.2) is 0 Å². The number of esters is 1. The van der Waals surface area contributed by atoms with Crippen molar-refractivity contribution in [3.8, 4) is 0 Å². The number of carbonyl (C=O) groups is 2. The van der Waals surface area contributed by atoms with Crippen molar-refractivity contribution in [3.05, 3.63) is 29.8 Å². The minimum Gasteiger partial charge on any atom is -0.469 e. The third-order valence-electron chi connectivity index (χ3n) is 2.82. The highest BCUT2D eigenvalue weighted by Crippen LogP contribution is 2.10. The number of benzene rings is 1. The third kappa shape index (κ3) is 6.19. The van der Waals surface area contributed by atoms with Gasteiger partial charge in [0.2, 0.25) is 5.91 Å². The molecular formula is C14H21N3O3. The molecule has 0 aromatic heterocycles. The molecule has 0 spiro atoms. The fourth-order valence-corrected chi connectivity index (χ4v) is 1.93. The average Bonchev–Trinajstić information content (AvgIpc) is 2.37. The molecule has 0 aliphatic rings. The van der Waals surface area contributed by atoms with Crippen molar-refractivity contribution in [2.75, 3.05) is 25.9 Å². The lowest BCUT2D eigenvalue weighted by molar-refractivity contribution is -0.140. The Bertz CT molecular complexity index is 463. The van der Waals surface area contributed by atoms with Gasteiger partial charge in [0.05, 0.1) is 13.7 Å². The quantitative estimate of drug-likeness (QED) is 0.533. The molecule has 1 aromatic carbocycles. The number of nitrogens with zero attached hydrogens (tertiary/aromatic N) is 1. The lowest BCUT2D eigenvalue weighted by Gasteiger charge is -2.20. The fraction of sp³-hybridized carbons (Fsp3) is 0.429.